The Bertz CT molecular complexity index is 434. The summed E-state index contributed by atoms with van der Waals surface area (Å²) in [5.41, 5.74) is 1.17. The Hall–Kier alpha value is -1.52. The van der Waals surface area contributed by atoms with Gasteiger partial charge in [-0.3, -0.25) is 4.90 Å². The maximum Gasteiger partial charge on any atom is 0.118 e. The molecule has 1 N–H and O–H groups in total. The van der Waals surface area contributed by atoms with Crippen molar-refractivity contribution in [1.29, 1.82) is 0 Å². The number of hydrogen-bond acceptors (Lipinski definition) is 4. The average Bonchev–Trinajstić information content (AvgIpc) is 2.91. The fourth-order valence-electron chi connectivity index (χ4n) is 1.80. The average molecular weight is 234 g/mol. The van der Waals surface area contributed by atoms with E-state index in [2.05, 4.69) is 16.3 Å². The first-order chi connectivity index (χ1) is 8.28. The van der Waals surface area contributed by atoms with Gasteiger partial charge in [-0.1, -0.05) is 0 Å². The fraction of sp³-hybridized carbons (Fsp3) is 0.385. The molecule has 0 amide bonds. The first kappa shape index (κ1) is 12.0. The molecule has 2 aromatic heterocycles. The Kier molecular flexibility index (Phi) is 4.01. The third-order valence-corrected chi connectivity index (χ3v) is 2.52. The van der Waals surface area contributed by atoms with E-state index < -0.39 is 0 Å². The summed E-state index contributed by atoms with van der Waals surface area (Å²) in [6, 6.07) is 5.96. The van der Waals surface area contributed by atoms with E-state index in [9.17, 15) is 0 Å². The molecule has 0 atom stereocenters. The number of furan rings is 2. The Morgan fingerprint density at radius 3 is 2.76 bits per heavy atom. The molecule has 0 saturated heterocycles. The molecule has 0 aliphatic carbocycles. The summed E-state index contributed by atoms with van der Waals surface area (Å²) in [5.74, 6) is 1.94. The van der Waals surface area contributed by atoms with Gasteiger partial charge in [-0.15, -0.1) is 0 Å². The van der Waals surface area contributed by atoms with Gasteiger partial charge in [0.1, 0.15) is 11.5 Å². The van der Waals surface area contributed by atoms with Gasteiger partial charge in [0.05, 0.1) is 25.6 Å². The lowest BCUT2D eigenvalue weighted by molar-refractivity contribution is 0.264. The second-order valence-corrected chi connectivity index (χ2v) is 4.20. The van der Waals surface area contributed by atoms with Gasteiger partial charge in [-0.25, -0.2) is 0 Å². The predicted molar refractivity (Wildman–Crippen MR) is 65.4 cm³/mol. The van der Waals surface area contributed by atoms with Crippen LogP contribution in [0.15, 0.2) is 39.6 Å². The molecule has 0 unspecified atom stereocenters. The Balaban J connectivity index is 1.86. The van der Waals surface area contributed by atoms with Crippen LogP contribution in [0.2, 0.25) is 0 Å². The summed E-state index contributed by atoms with van der Waals surface area (Å²) in [6.45, 7) is 2.41. The van der Waals surface area contributed by atoms with Crippen LogP contribution in [0.1, 0.15) is 17.1 Å². The Labute approximate surface area is 101 Å². The standard InChI is InChI=1S/C13H18N2O2/c1-14-7-11-6-13(17-10-11)9-15(2)8-12-4-3-5-16-12/h3-6,10,14H,7-9H2,1-2H3. The molecular weight excluding hydrogens is 216 g/mol. The highest BCUT2D eigenvalue weighted by molar-refractivity contribution is 5.12. The summed E-state index contributed by atoms with van der Waals surface area (Å²) < 4.78 is 10.8. The van der Waals surface area contributed by atoms with Crippen LogP contribution in [0.4, 0.5) is 0 Å². The van der Waals surface area contributed by atoms with E-state index in [1.807, 2.05) is 26.2 Å². The van der Waals surface area contributed by atoms with E-state index in [0.717, 1.165) is 31.2 Å². The smallest absolute Gasteiger partial charge is 0.118 e. The van der Waals surface area contributed by atoms with Crippen LogP contribution < -0.4 is 5.32 Å². The third-order valence-electron chi connectivity index (χ3n) is 2.52. The lowest BCUT2D eigenvalue weighted by Gasteiger charge is -2.12. The number of rotatable bonds is 6. The van der Waals surface area contributed by atoms with E-state index in [1.165, 1.54) is 5.56 Å². The summed E-state index contributed by atoms with van der Waals surface area (Å²) >= 11 is 0. The minimum atomic E-state index is 0.782. The monoisotopic (exact) mass is 234 g/mol. The van der Waals surface area contributed by atoms with E-state index in [0.29, 0.717) is 0 Å². The normalized spacial score (nSPS) is 11.2. The molecule has 0 aliphatic heterocycles. The van der Waals surface area contributed by atoms with Crippen molar-refractivity contribution in [2.45, 2.75) is 19.6 Å². The minimum absolute atomic E-state index is 0.782. The van der Waals surface area contributed by atoms with E-state index in [-0.39, 0.29) is 0 Å². The lowest BCUT2D eigenvalue weighted by Crippen LogP contribution is -2.16. The maximum absolute atomic E-state index is 5.49. The van der Waals surface area contributed by atoms with Crippen LogP contribution in [0.3, 0.4) is 0 Å². The zero-order valence-electron chi connectivity index (χ0n) is 10.3. The van der Waals surface area contributed by atoms with Gasteiger partial charge < -0.3 is 14.2 Å². The van der Waals surface area contributed by atoms with Crippen molar-refractivity contribution < 1.29 is 8.83 Å². The molecular formula is C13H18N2O2. The van der Waals surface area contributed by atoms with Crippen LogP contribution in [-0.4, -0.2) is 19.0 Å². The highest BCUT2D eigenvalue weighted by Gasteiger charge is 2.07. The van der Waals surface area contributed by atoms with Crippen molar-refractivity contribution in [3.63, 3.8) is 0 Å². The minimum Gasteiger partial charge on any atom is -0.468 e. The highest BCUT2D eigenvalue weighted by atomic mass is 16.3. The van der Waals surface area contributed by atoms with E-state index >= 15 is 0 Å². The van der Waals surface area contributed by atoms with Gasteiger partial charge in [-0.2, -0.15) is 0 Å². The molecule has 0 radical (unpaired) electrons. The van der Waals surface area contributed by atoms with Gasteiger partial charge in [0.15, 0.2) is 0 Å². The second-order valence-electron chi connectivity index (χ2n) is 4.20. The van der Waals surface area contributed by atoms with Crippen molar-refractivity contribution in [2.24, 2.45) is 0 Å². The van der Waals surface area contributed by atoms with Crippen molar-refractivity contribution in [3.8, 4) is 0 Å². The molecule has 0 aliphatic rings. The van der Waals surface area contributed by atoms with E-state index in [4.69, 9.17) is 8.83 Å². The second kappa shape index (κ2) is 5.70. The van der Waals surface area contributed by atoms with E-state index in [1.54, 1.807) is 12.5 Å². The van der Waals surface area contributed by atoms with Gasteiger partial charge in [0, 0.05) is 12.1 Å². The van der Waals surface area contributed by atoms with Crippen molar-refractivity contribution in [1.82, 2.24) is 10.2 Å². The SMILES string of the molecule is CNCc1coc(CN(C)Cc2ccco2)c1. The molecule has 4 heteroatoms. The predicted octanol–water partition coefficient (Wildman–Crippen LogP) is 2.22. The molecule has 2 heterocycles. The Morgan fingerprint density at radius 1 is 1.24 bits per heavy atom. The summed E-state index contributed by atoms with van der Waals surface area (Å²) in [5, 5.41) is 3.10. The molecule has 0 saturated carbocycles. The zero-order valence-corrected chi connectivity index (χ0v) is 10.3. The molecule has 0 aromatic carbocycles. The van der Waals surface area contributed by atoms with Crippen LogP contribution in [-0.2, 0) is 19.6 Å². The molecule has 0 spiro atoms. The first-order valence-corrected chi connectivity index (χ1v) is 5.69. The summed E-state index contributed by atoms with van der Waals surface area (Å²) in [7, 11) is 3.97. The third kappa shape index (κ3) is 3.47. The Morgan fingerprint density at radius 2 is 2.06 bits per heavy atom. The number of nitrogens with one attached hydrogen (secondary N) is 1. The van der Waals surface area contributed by atoms with Crippen molar-refractivity contribution in [2.75, 3.05) is 14.1 Å². The quantitative estimate of drug-likeness (QED) is 0.832. The zero-order chi connectivity index (χ0) is 12.1. The van der Waals surface area contributed by atoms with Crippen LogP contribution in [0, 0.1) is 0 Å². The molecule has 17 heavy (non-hydrogen) atoms. The largest absolute Gasteiger partial charge is 0.468 e. The van der Waals surface area contributed by atoms with Gasteiger partial charge in [-0.05, 0) is 32.3 Å². The van der Waals surface area contributed by atoms with Crippen molar-refractivity contribution in [3.05, 3.63) is 47.8 Å². The molecule has 2 aromatic rings. The number of hydrogen-bond donors (Lipinski definition) is 1. The van der Waals surface area contributed by atoms with Gasteiger partial charge >= 0.3 is 0 Å². The molecule has 92 valence electrons. The van der Waals surface area contributed by atoms with Gasteiger partial charge in [0.2, 0.25) is 0 Å². The van der Waals surface area contributed by atoms with Gasteiger partial charge in [0.25, 0.3) is 0 Å². The molecule has 2 rings (SSSR count). The highest BCUT2D eigenvalue weighted by Crippen LogP contribution is 2.12. The van der Waals surface area contributed by atoms with Crippen LogP contribution in [0.5, 0.6) is 0 Å². The summed E-state index contributed by atoms with van der Waals surface area (Å²) in [6.07, 6.45) is 3.49. The van der Waals surface area contributed by atoms with Crippen molar-refractivity contribution >= 4 is 0 Å². The lowest BCUT2D eigenvalue weighted by atomic mass is 10.3. The van der Waals surface area contributed by atoms with Crippen LogP contribution in [0.25, 0.3) is 0 Å². The first-order valence-electron chi connectivity index (χ1n) is 5.69. The molecule has 0 bridgehead atoms. The summed E-state index contributed by atoms with van der Waals surface area (Å²) in [4.78, 5) is 2.15. The van der Waals surface area contributed by atoms with Crippen LogP contribution >= 0.6 is 0 Å². The molecule has 0 fully saturated rings. The maximum atomic E-state index is 5.49. The molecule has 4 nitrogen and oxygen atoms in total. The number of nitrogens with zero attached hydrogens (tertiary/aromatic N) is 1. The topological polar surface area (TPSA) is 41.6 Å². The fourth-order valence-corrected chi connectivity index (χ4v) is 1.80.